The summed E-state index contributed by atoms with van der Waals surface area (Å²) < 4.78 is 13.5. The van der Waals surface area contributed by atoms with Crippen molar-refractivity contribution >= 4 is 0 Å². The Kier molecular flexibility index (Phi) is 3.53. The summed E-state index contributed by atoms with van der Waals surface area (Å²) in [6, 6.07) is 5.79. The van der Waals surface area contributed by atoms with Crippen LogP contribution in [0.2, 0.25) is 0 Å². The van der Waals surface area contributed by atoms with E-state index in [1.54, 1.807) is 6.07 Å². The maximum atomic E-state index is 13.5. The molecule has 2 rings (SSSR count). The molecule has 1 N–H and O–H groups in total. The number of halogens is 1. The van der Waals surface area contributed by atoms with E-state index in [0.29, 0.717) is 11.5 Å². The van der Waals surface area contributed by atoms with E-state index in [4.69, 9.17) is 0 Å². The lowest BCUT2D eigenvalue weighted by Gasteiger charge is -2.21. The minimum atomic E-state index is -0.0392. The van der Waals surface area contributed by atoms with Gasteiger partial charge in [-0.15, -0.1) is 0 Å². The van der Waals surface area contributed by atoms with Crippen molar-refractivity contribution in [2.45, 2.75) is 46.1 Å². The molecule has 2 heteroatoms. The predicted molar refractivity (Wildman–Crippen MR) is 69.5 cm³/mol. The third-order valence-corrected chi connectivity index (χ3v) is 3.48. The standard InChI is InChI=1S/C15H22FN/c1-15(2,3)9-10-17-14-8-7-11-12(14)5-4-6-13(11)16/h4-6,14,17H,7-10H2,1-3H3. The summed E-state index contributed by atoms with van der Waals surface area (Å²) in [4.78, 5) is 0. The first kappa shape index (κ1) is 12.6. The minimum Gasteiger partial charge on any atom is -0.310 e. The zero-order valence-electron chi connectivity index (χ0n) is 11.0. The zero-order valence-corrected chi connectivity index (χ0v) is 11.0. The summed E-state index contributed by atoms with van der Waals surface area (Å²) in [5.41, 5.74) is 2.44. The molecule has 1 aromatic carbocycles. The van der Waals surface area contributed by atoms with Gasteiger partial charge in [-0.25, -0.2) is 4.39 Å². The van der Waals surface area contributed by atoms with Gasteiger partial charge < -0.3 is 5.32 Å². The van der Waals surface area contributed by atoms with Crippen molar-refractivity contribution in [3.05, 3.63) is 35.1 Å². The van der Waals surface area contributed by atoms with Crippen LogP contribution in [0.4, 0.5) is 4.39 Å². The van der Waals surface area contributed by atoms with Gasteiger partial charge in [-0.2, -0.15) is 0 Å². The van der Waals surface area contributed by atoms with Gasteiger partial charge >= 0.3 is 0 Å². The lowest BCUT2D eigenvalue weighted by molar-refractivity contribution is 0.354. The Morgan fingerprint density at radius 3 is 2.82 bits per heavy atom. The summed E-state index contributed by atoms with van der Waals surface area (Å²) in [5.74, 6) is -0.0392. The highest BCUT2D eigenvalue weighted by Crippen LogP contribution is 2.32. The van der Waals surface area contributed by atoms with Crippen LogP contribution in [0, 0.1) is 11.2 Å². The predicted octanol–water partition coefficient (Wildman–Crippen LogP) is 3.84. The fraction of sp³-hybridized carbons (Fsp3) is 0.600. The molecule has 1 nitrogen and oxygen atoms in total. The lowest BCUT2D eigenvalue weighted by Crippen LogP contribution is -2.24. The van der Waals surface area contributed by atoms with Gasteiger partial charge in [-0.3, -0.25) is 0 Å². The van der Waals surface area contributed by atoms with Gasteiger partial charge in [0.1, 0.15) is 5.82 Å². The number of hydrogen-bond acceptors (Lipinski definition) is 1. The van der Waals surface area contributed by atoms with Crippen LogP contribution in [0.25, 0.3) is 0 Å². The number of benzene rings is 1. The molecule has 0 bridgehead atoms. The summed E-state index contributed by atoms with van der Waals surface area (Å²) in [7, 11) is 0. The third kappa shape index (κ3) is 3.06. The van der Waals surface area contributed by atoms with Crippen LogP contribution in [-0.4, -0.2) is 6.54 Å². The SMILES string of the molecule is CC(C)(C)CCNC1CCc2c(F)cccc21. The van der Waals surface area contributed by atoms with Crippen LogP contribution in [0.3, 0.4) is 0 Å². The van der Waals surface area contributed by atoms with Crippen molar-refractivity contribution in [1.82, 2.24) is 5.32 Å². The Balaban J connectivity index is 1.96. The molecule has 0 aromatic heterocycles. The largest absolute Gasteiger partial charge is 0.310 e. The highest BCUT2D eigenvalue weighted by Gasteiger charge is 2.24. The van der Waals surface area contributed by atoms with Crippen LogP contribution in [-0.2, 0) is 6.42 Å². The number of rotatable bonds is 3. The van der Waals surface area contributed by atoms with Crippen LogP contribution >= 0.6 is 0 Å². The highest BCUT2D eigenvalue weighted by molar-refractivity contribution is 5.35. The first-order valence-electron chi connectivity index (χ1n) is 6.48. The number of nitrogens with one attached hydrogen (secondary N) is 1. The quantitative estimate of drug-likeness (QED) is 0.839. The molecule has 0 aliphatic heterocycles. The van der Waals surface area contributed by atoms with E-state index in [9.17, 15) is 4.39 Å². The van der Waals surface area contributed by atoms with Gasteiger partial charge in [0.05, 0.1) is 0 Å². The van der Waals surface area contributed by atoms with Crippen molar-refractivity contribution in [2.24, 2.45) is 5.41 Å². The van der Waals surface area contributed by atoms with Crippen LogP contribution in [0.5, 0.6) is 0 Å². The van der Waals surface area contributed by atoms with E-state index >= 15 is 0 Å². The van der Waals surface area contributed by atoms with Gasteiger partial charge in [0.2, 0.25) is 0 Å². The molecule has 94 valence electrons. The molecule has 0 spiro atoms. The topological polar surface area (TPSA) is 12.0 Å². The first-order chi connectivity index (χ1) is 7.97. The molecule has 17 heavy (non-hydrogen) atoms. The second-order valence-corrected chi connectivity index (χ2v) is 6.16. The van der Waals surface area contributed by atoms with E-state index < -0.39 is 0 Å². The maximum Gasteiger partial charge on any atom is 0.126 e. The van der Waals surface area contributed by atoms with Crippen LogP contribution in [0.15, 0.2) is 18.2 Å². The van der Waals surface area contributed by atoms with Gasteiger partial charge in [0.15, 0.2) is 0 Å². The van der Waals surface area contributed by atoms with E-state index in [1.165, 1.54) is 5.56 Å². The highest BCUT2D eigenvalue weighted by atomic mass is 19.1. The molecule has 0 radical (unpaired) electrons. The summed E-state index contributed by atoms with van der Waals surface area (Å²) >= 11 is 0. The molecule has 1 atom stereocenters. The summed E-state index contributed by atoms with van der Waals surface area (Å²) in [5, 5.41) is 3.55. The van der Waals surface area contributed by atoms with Gasteiger partial charge in [0, 0.05) is 6.04 Å². The van der Waals surface area contributed by atoms with E-state index in [-0.39, 0.29) is 5.82 Å². The molecular weight excluding hydrogens is 213 g/mol. The smallest absolute Gasteiger partial charge is 0.126 e. The Morgan fingerprint density at radius 2 is 2.12 bits per heavy atom. The number of hydrogen-bond donors (Lipinski definition) is 1. The van der Waals surface area contributed by atoms with Crippen molar-refractivity contribution < 1.29 is 4.39 Å². The summed E-state index contributed by atoms with van der Waals surface area (Å²) in [6.45, 7) is 7.74. The Morgan fingerprint density at radius 1 is 1.35 bits per heavy atom. The zero-order chi connectivity index (χ0) is 12.5. The molecule has 0 saturated carbocycles. The Hall–Kier alpha value is -0.890. The minimum absolute atomic E-state index is 0.0392. The fourth-order valence-corrected chi connectivity index (χ4v) is 2.44. The maximum absolute atomic E-state index is 13.5. The average Bonchev–Trinajstić information content (AvgIpc) is 2.61. The van der Waals surface area contributed by atoms with Gasteiger partial charge in [-0.1, -0.05) is 32.9 Å². The van der Waals surface area contributed by atoms with E-state index in [1.807, 2.05) is 6.07 Å². The number of fused-ring (bicyclic) bond motifs is 1. The Labute approximate surface area is 103 Å². The third-order valence-electron chi connectivity index (χ3n) is 3.48. The van der Waals surface area contributed by atoms with Crippen LogP contribution < -0.4 is 5.32 Å². The molecule has 0 saturated heterocycles. The van der Waals surface area contributed by atoms with Gasteiger partial charge in [0.25, 0.3) is 0 Å². The summed E-state index contributed by atoms with van der Waals surface area (Å²) in [6.07, 6.45) is 3.05. The fourth-order valence-electron chi connectivity index (χ4n) is 2.44. The molecule has 0 fully saturated rings. The van der Waals surface area contributed by atoms with Crippen molar-refractivity contribution in [2.75, 3.05) is 6.54 Å². The molecule has 1 aromatic rings. The average molecular weight is 235 g/mol. The first-order valence-corrected chi connectivity index (χ1v) is 6.48. The Bertz CT molecular complexity index is 392. The molecule has 0 amide bonds. The lowest BCUT2D eigenvalue weighted by atomic mass is 9.92. The van der Waals surface area contributed by atoms with Crippen molar-refractivity contribution in [3.63, 3.8) is 0 Å². The molecular formula is C15H22FN. The monoisotopic (exact) mass is 235 g/mol. The second kappa shape index (κ2) is 4.77. The van der Waals surface area contributed by atoms with Crippen LogP contribution in [0.1, 0.15) is 50.8 Å². The van der Waals surface area contributed by atoms with E-state index in [2.05, 4.69) is 32.2 Å². The molecule has 1 aliphatic rings. The van der Waals surface area contributed by atoms with E-state index in [0.717, 1.165) is 31.4 Å². The molecule has 1 aliphatic carbocycles. The normalized spacial score (nSPS) is 19.4. The second-order valence-electron chi connectivity index (χ2n) is 6.16. The molecule has 1 unspecified atom stereocenters. The van der Waals surface area contributed by atoms with Crippen molar-refractivity contribution in [3.8, 4) is 0 Å². The van der Waals surface area contributed by atoms with Crippen molar-refractivity contribution in [1.29, 1.82) is 0 Å². The van der Waals surface area contributed by atoms with Gasteiger partial charge in [-0.05, 0) is 48.4 Å². The molecule has 0 heterocycles.